The highest BCUT2D eigenvalue weighted by molar-refractivity contribution is 9.10. The molecule has 1 N–H and O–H groups in total. The molecule has 0 aliphatic carbocycles. The van der Waals surface area contributed by atoms with E-state index in [2.05, 4.69) is 26.0 Å². The fraction of sp³-hybridized carbons (Fsp3) is 0.200. The maximum absolute atomic E-state index is 9.91. The number of nitrogens with zero attached hydrogens (tertiary/aromatic N) is 3. The molecule has 0 aliphatic rings. The van der Waals surface area contributed by atoms with Gasteiger partial charge in [0, 0.05) is 4.47 Å². The number of hydrogen-bond acceptors (Lipinski definition) is 3. The molecule has 1 aromatic carbocycles. The van der Waals surface area contributed by atoms with E-state index in [1.807, 2.05) is 24.3 Å². The van der Waals surface area contributed by atoms with E-state index in [0.717, 1.165) is 10.0 Å². The summed E-state index contributed by atoms with van der Waals surface area (Å²) in [6.07, 6.45) is 2.47. The lowest BCUT2D eigenvalue weighted by atomic mass is 10.1. The highest BCUT2D eigenvalue weighted by Gasteiger charge is 2.08. The molecule has 15 heavy (non-hydrogen) atoms. The quantitative estimate of drug-likeness (QED) is 0.923. The van der Waals surface area contributed by atoms with Gasteiger partial charge in [0.1, 0.15) is 12.7 Å². The van der Waals surface area contributed by atoms with Gasteiger partial charge in [-0.3, -0.25) is 4.68 Å². The lowest BCUT2D eigenvalue weighted by Crippen LogP contribution is -2.08. The molecule has 0 saturated heterocycles. The minimum atomic E-state index is -0.566. The zero-order chi connectivity index (χ0) is 10.7. The van der Waals surface area contributed by atoms with Crippen molar-refractivity contribution in [3.8, 4) is 0 Å². The Morgan fingerprint density at radius 2 is 2.33 bits per heavy atom. The summed E-state index contributed by atoms with van der Waals surface area (Å²) in [6.45, 7) is 0.413. The lowest BCUT2D eigenvalue weighted by Gasteiger charge is -2.10. The molecule has 0 fully saturated rings. The Labute approximate surface area is 95.7 Å². The van der Waals surface area contributed by atoms with Crippen molar-refractivity contribution < 1.29 is 5.11 Å². The Balaban J connectivity index is 2.11. The molecule has 0 amide bonds. The van der Waals surface area contributed by atoms with Crippen LogP contribution in [0.3, 0.4) is 0 Å². The van der Waals surface area contributed by atoms with Crippen molar-refractivity contribution in [2.45, 2.75) is 12.6 Å². The number of aliphatic hydroxyl groups excluding tert-OH is 1. The summed E-state index contributed by atoms with van der Waals surface area (Å²) in [5, 5.41) is 13.8. The Bertz CT molecular complexity index is 430. The molecular formula is C10H10BrN3O. The molecule has 78 valence electrons. The SMILES string of the molecule is OC(Cn1cncn1)c1cccc(Br)c1. The van der Waals surface area contributed by atoms with Crippen LogP contribution < -0.4 is 0 Å². The van der Waals surface area contributed by atoms with Gasteiger partial charge in [-0.1, -0.05) is 28.1 Å². The van der Waals surface area contributed by atoms with Gasteiger partial charge in [-0.15, -0.1) is 0 Å². The molecule has 1 aromatic heterocycles. The van der Waals surface area contributed by atoms with Crippen molar-refractivity contribution in [2.24, 2.45) is 0 Å². The number of halogens is 1. The van der Waals surface area contributed by atoms with Crippen molar-refractivity contribution in [1.82, 2.24) is 14.8 Å². The van der Waals surface area contributed by atoms with Crippen molar-refractivity contribution in [3.63, 3.8) is 0 Å². The fourth-order valence-electron chi connectivity index (χ4n) is 1.32. The first-order valence-electron chi connectivity index (χ1n) is 4.51. The molecule has 1 atom stereocenters. The van der Waals surface area contributed by atoms with Gasteiger partial charge < -0.3 is 5.11 Å². The Kier molecular flexibility index (Phi) is 3.13. The standard InChI is InChI=1S/C10H10BrN3O/c11-9-3-1-2-8(4-9)10(15)5-14-7-12-6-13-14/h1-4,6-7,10,15H,5H2. The number of aromatic nitrogens is 3. The summed E-state index contributed by atoms with van der Waals surface area (Å²) in [5.41, 5.74) is 0.861. The maximum atomic E-state index is 9.91. The molecule has 0 radical (unpaired) electrons. The summed E-state index contributed by atoms with van der Waals surface area (Å²) in [5.74, 6) is 0. The smallest absolute Gasteiger partial charge is 0.137 e. The Morgan fingerprint density at radius 3 is 3.00 bits per heavy atom. The maximum Gasteiger partial charge on any atom is 0.137 e. The van der Waals surface area contributed by atoms with Crippen LogP contribution in [-0.2, 0) is 6.54 Å². The number of aliphatic hydroxyl groups is 1. The summed E-state index contributed by atoms with van der Waals surface area (Å²) in [4.78, 5) is 3.82. The van der Waals surface area contributed by atoms with Crippen LogP contribution >= 0.6 is 15.9 Å². The van der Waals surface area contributed by atoms with Crippen LogP contribution in [0, 0.1) is 0 Å². The third-order valence-corrected chi connectivity index (χ3v) is 2.55. The second-order valence-electron chi connectivity index (χ2n) is 3.19. The molecule has 2 aromatic rings. The van der Waals surface area contributed by atoms with Gasteiger partial charge in [-0.2, -0.15) is 5.10 Å². The van der Waals surface area contributed by atoms with E-state index in [1.54, 1.807) is 11.0 Å². The van der Waals surface area contributed by atoms with Gasteiger partial charge in [0.25, 0.3) is 0 Å². The number of benzene rings is 1. The molecule has 0 aliphatic heterocycles. The van der Waals surface area contributed by atoms with E-state index in [9.17, 15) is 5.11 Å². The Morgan fingerprint density at radius 1 is 1.47 bits per heavy atom. The third kappa shape index (κ3) is 2.64. The zero-order valence-corrected chi connectivity index (χ0v) is 9.50. The molecule has 0 bridgehead atoms. The predicted molar refractivity (Wildman–Crippen MR) is 59.1 cm³/mol. The average molecular weight is 268 g/mol. The van der Waals surface area contributed by atoms with E-state index in [1.165, 1.54) is 6.33 Å². The zero-order valence-electron chi connectivity index (χ0n) is 7.92. The monoisotopic (exact) mass is 267 g/mol. The van der Waals surface area contributed by atoms with Crippen molar-refractivity contribution in [2.75, 3.05) is 0 Å². The average Bonchev–Trinajstić information content (AvgIpc) is 2.70. The molecule has 5 heteroatoms. The fourth-order valence-corrected chi connectivity index (χ4v) is 1.74. The summed E-state index contributed by atoms with van der Waals surface area (Å²) < 4.78 is 2.56. The van der Waals surface area contributed by atoms with E-state index in [4.69, 9.17) is 0 Å². The van der Waals surface area contributed by atoms with Gasteiger partial charge in [0.05, 0.1) is 12.6 Å². The second kappa shape index (κ2) is 4.55. The van der Waals surface area contributed by atoms with Crippen LogP contribution in [-0.4, -0.2) is 19.9 Å². The van der Waals surface area contributed by atoms with Crippen LogP contribution in [0.5, 0.6) is 0 Å². The van der Waals surface area contributed by atoms with E-state index in [0.29, 0.717) is 6.54 Å². The van der Waals surface area contributed by atoms with Gasteiger partial charge in [0.15, 0.2) is 0 Å². The second-order valence-corrected chi connectivity index (χ2v) is 4.10. The van der Waals surface area contributed by atoms with Gasteiger partial charge in [-0.05, 0) is 17.7 Å². The normalized spacial score (nSPS) is 12.7. The molecule has 0 spiro atoms. The molecule has 1 unspecified atom stereocenters. The number of rotatable bonds is 3. The van der Waals surface area contributed by atoms with Crippen molar-refractivity contribution in [3.05, 3.63) is 47.0 Å². The number of hydrogen-bond donors (Lipinski definition) is 1. The van der Waals surface area contributed by atoms with Crippen LogP contribution in [0.1, 0.15) is 11.7 Å². The molecule has 0 saturated carbocycles. The summed E-state index contributed by atoms with van der Waals surface area (Å²) in [6, 6.07) is 7.59. The predicted octanol–water partition coefficient (Wildman–Crippen LogP) is 1.77. The topological polar surface area (TPSA) is 50.9 Å². The highest BCUT2D eigenvalue weighted by atomic mass is 79.9. The summed E-state index contributed by atoms with van der Waals surface area (Å²) in [7, 11) is 0. The van der Waals surface area contributed by atoms with E-state index < -0.39 is 6.10 Å². The molecule has 4 nitrogen and oxygen atoms in total. The van der Waals surface area contributed by atoms with Crippen LogP contribution in [0.4, 0.5) is 0 Å². The van der Waals surface area contributed by atoms with Gasteiger partial charge in [0.2, 0.25) is 0 Å². The van der Waals surface area contributed by atoms with Gasteiger partial charge >= 0.3 is 0 Å². The largest absolute Gasteiger partial charge is 0.386 e. The summed E-state index contributed by atoms with van der Waals surface area (Å²) >= 11 is 3.36. The van der Waals surface area contributed by atoms with E-state index >= 15 is 0 Å². The van der Waals surface area contributed by atoms with Crippen LogP contribution in [0.15, 0.2) is 41.4 Å². The minimum absolute atomic E-state index is 0.413. The lowest BCUT2D eigenvalue weighted by molar-refractivity contribution is 0.151. The third-order valence-electron chi connectivity index (χ3n) is 2.06. The molecular weight excluding hydrogens is 258 g/mol. The molecule has 1 heterocycles. The first-order valence-corrected chi connectivity index (χ1v) is 5.31. The molecule has 2 rings (SSSR count). The Hall–Kier alpha value is -1.20. The van der Waals surface area contributed by atoms with Crippen molar-refractivity contribution in [1.29, 1.82) is 0 Å². The highest BCUT2D eigenvalue weighted by Crippen LogP contribution is 2.18. The van der Waals surface area contributed by atoms with E-state index in [-0.39, 0.29) is 0 Å². The minimum Gasteiger partial charge on any atom is -0.386 e. The first kappa shape index (κ1) is 10.3. The van der Waals surface area contributed by atoms with Gasteiger partial charge in [-0.25, -0.2) is 4.98 Å². The van der Waals surface area contributed by atoms with Crippen LogP contribution in [0.2, 0.25) is 0 Å². The van der Waals surface area contributed by atoms with Crippen LogP contribution in [0.25, 0.3) is 0 Å². The van der Waals surface area contributed by atoms with Crippen molar-refractivity contribution >= 4 is 15.9 Å². The first-order chi connectivity index (χ1) is 7.25.